The Morgan fingerprint density at radius 1 is 1.30 bits per heavy atom. The molecule has 6 heteroatoms. The first kappa shape index (κ1) is 16.5. The number of carbonyl (C=O) groups excluding carboxylic acids is 1. The van der Waals surface area contributed by atoms with Crippen molar-refractivity contribution in [2.24, 2.45) is 5.73 Å². The summed E-state index contributed by atoms with van der Waals surface area (Å²) in [6.07, 6.45) is -3.84. The minimum Gasteiger partial charge on any atom is -0.324 e. The molecule has 0 saturated heterocycles. The van der Waals surface area contributed by atoms with Gasteiger partial charge in [-0.1, -0.05) is 26.0 Å². The maximum absolute atomic E-state index is 12.6. The Bertz CT molecular complexity index is 466. The molecule has 3 N–H and O–H groups in total. The Labute approximate surface area is 116 Å². The summed E-state index contributed by atoms with van der Waals surface area (Å²) >= 11 is 0. The van der Waals surface area contributed by atoms with E-state index >= 15 is 0 Å². The van der Waals surface area contributed by atoms with Gasteiger partial charge in [-0.05, 0) is 37.0 Å². The smallest absolute Gasteiger partial charge is 0.324 e. The number of halogens is 3. The van der Waals surface area contributed by atoms with Gasteiger partial charge < -0.3 is 11.1 Å². The number of rotatable bonds is 4. The largest absolute Gasteiger partial charge is 0.415 e. The van der Waals surface area contributed by atoms with Crippen LogP contribution in [0.5, 0.6) is 0 Å². The molecule has 20 heavy (non-hydrogen) atoms. The van der Waals surface area contributed by atoms with Gasteiger partial charge >= 0.3 is 6.18 Å². The Balaban J connectivity index is 2.82. The minimum atomic E-state index is -4.80. The Kier molecular flexibility index (Phi) is 4.81. The molecule has 0 radical (unpaired) electrons. The number of nitrogens with two attached hydrogens (primary N) is 1. The first-order chi connectivity index (χ1) is 9.09. The van der Waals surface area contributed by atoms with Gasteiger partial charge in [0.1, 0.15) is 0 Å². The van der Waals surface area contributed by atoms with E-state index in [2.05, 4.69) is 5.32 Å². The lowest BCUT2D eigenvalue weighted by Gasteiger charge is -2.26. The summed E-state index contributed by atoms with van der Waals surface area (Å²) in [4.78, 5) is 11.6. The van der Waals surface area contributed by atoms with Crippen molar-refractivity contribution in [3.63, 3.8) is 0 Å². The van der Waals surface area contributed by atoms with Gasteiger partial charge in [0.15, 0.2) is 5.54 Å². The van der Waals surface area contributed by atoms with Crippen LogP contribution in [0.25, 0.3) is 0 Å². The van der Waals surface area contributed by atoms with Crippen LogP contribution in [0.1, 0.15) is 38.7 Å². The molecule has 0 spiro atoms. The second kappa shape index (κ2) is 5.83. The molecule has 0 saturated carbocycles. The molecule has 2 unspecified atom stereocenters. The topological polar surface area (TPSA) is 55.1 Å². The maximum Gasteiger partial charge on any atom is 0.415 e. The fourth-order valence-electron chi connectivity index (χ4n) is 1.52. The first-order valence-corrected chi connectivity index (χ1v) is 6.36. The lowest BCUT2D eigenvalue weighted by Crippen LogP contribution is -2.59. The van der Waals surface area contributed by atoms with Gasteiger partial charge in [-0.3, -0.25) is 4.79 Å². The lowest BCUT2D eigenvalue weighted by atomic mass is 9.98. The van der Waals surface area contributed by atoms with Crippen LogP contribution in [-0.4, -0.2) is 17.6 Å². The molecular weight excluding hydrogens is 269 g/mol. The molecule has 0 fully saturated rings. The maximum atomic E-state index is 12.6. The van der Waals surface area contributed by atoms with Crippen LogP contribution in [0.3, 0.4) is 0 Å². The van der Waals surface area contributed by atoms with Crippen LogP contribution in [0.4, 0.5) is 18.9 Å². The SMILES string of the molecule is CCC(C)c1ccc(NC(=O)C(C)(N)C(F)(F)F)cc1. The third-order valence-electron chi connectivity index (χ3n) is 3.41. The van der Waals surface area contributed by atoms with E-state index in [1.807, 2.05) is 13.8 Å². The third-order valence-corrected chi connectivity index (χ3v) is 3.41. The number of nitrogens with one attached hydrogen (secondary N) is 1. The van der Waals surface area contributed by atoms with Crippen molar-refractivity contribution in [2.75, 3.05) is 5.32 Å². The summed E-state index contributed by atoms with van der Waals surface area (Å²) in [5.41, 5.74) is 3.49. The highest BCUT2D eigenvalue weighted by Gasteiger charge is 2.53. The van der Waals surface area contributed by atoms with Gasteiger partial charge in [-0.25, -0.2) is 0 Å². The van der Waals surface area contributed by atoms with E-state index in [1.54, 1.807) is 24.3 Å². The predicted molar refractivity (Wildman–Crippen MR) is 72.4 cm³/mol. The Hall–Kier alpha value is -1.56. The molecule has 0 aromatic heterocycles. The summed E-state index contributed by atoms with van der Waals surface area (Å²) in [7, 11) is 0. The fraction of sp³-hybridized carbons (Fsp3) is 0.500. The average molecular weight is 288 g/mol. The Morgan fingerprint density at radius 3 is 2.20 bits per heavy atom. The minimum absolute atomic E-state index is 0.294. The monoisotopic (exact) mass is 288 g/mol. The van der Waals surface area contributed by atoms with Crippen LogP contribution < -0.4 is 11.1 Å². The lowest BCUT2D eigenvalue weighted by molar-refractivity contribution is -0.184. The van der Waals surface area contributed by atoms with Crippen molar-refractivity contribution < 1.29 is 18.0 Å². The molecule has 112 valence electrons. The van der Waals surface area contributed by atoms with Gasteiger partial charge in [0.2, 0.25) is 0 Å². The van der Waals surface area contributed by atoms with E-state index in [0.717, 1.165) is 12.0 Å². The number of hydrogen-bond acceptors (Lipinski definition) is 2. The first-order valence-electron chi connectivity index (χ1n) is 6.36. The third kappa shape index (κ3) is 3.50. The van der Waals surface area contributed by atoms with E-state index in [1.165, 1.54) is 0 Å². The van der Waals surface area contributed by atoms with Gasteiger partial charge in [-0.15, -0.1) is 0 Å². The Morgan fingerprint density at radius 2 is 1.80 bits per heavy atom. The van der Waals surface area contributed by atoms with Crippen molar-refractivity contribution in [1.29, 1.82) is 0 Å². The standard InChI is InChI=1S/C14H19F3N2O/c1-4-9(2)10-5-7-11(8-6-10)19-12(20)13(3,18)14(15,16)17/h5-9H,4,18H2,1-3H3,(H,19,20). The van der Waals surface area contributed by atoms with Crippen LogP contribution in [0, 0.1) is 0 Å². The van der Waals surface area contributed by atoms with E-state index < -0.39 is 17.6 Å². The van der Waals surface area contributed by atoms with Gasteiger partial charge in [0.05, 0.1) is 0 Å². The van der Waals surface area contributed by atoms with Gasteiger partial charge in [0.25, 0.3) is 5.91 Å². The highest BCUT2D eigenvalue weighted by Crippen LogP contribution is 2.29. The van der Waals surface area contributed by atoms with Crippen LogP contribution in [0.2, 0.25) is 0 Å². The number of amides is 1. The summed E-state index contributed by atoms with van der Waals surface area (Å²) < 4.78 is 37.8. The number of hydrogen-bond donors (Lipinski definition) is 2. The average Bonchev–Trinajstić information content (AvgIpc) is 2.37. The number of anilines is 1. The zero-order chi connectivity index (χ0) is 15.6. The highest BCUT2D eigenvalue weighted by atomic mass is 19.4. The van der Waals surface area contributed by atoms with E-state index in [4.69, 9.17) is 5.73 Å². The molecule has 1 rings (SSSR count). The van der Waals surface area contributed by atoms with E-state index in [9.17, 15) is 18.0 Å². The molecule has 1 amide bonds. The molecule has 0 aliphatic rings. The van der Waals surface area contributed by atoms with Gasteiger partial charge in [0, 0.05) is 5.69 Å². The summed E-state index contributed by atoms with van der Waals surface area (Å²) in [6.45, 7) is 4.74. The zero-order valence-corrected chi connectivity index (χ0v) is 11.7. The van der Waals surface area contributed by atoms with Crippen LogP contribution in [-0.2, 0) is 4.79 Å². The number of alkyl halides is 3. The fourth-order valence-corrected chi connectivity index (χ4v) is 1.52. The molecular formula is C14H19F3N2O. The van der Waals surface area contributed by atoms with Crippen molar-refractivity contribution in [3.8, 4) is 0 Å². The summed E-state index contributed by atoms with van der Waals surface area (Å²) in [6, 6.07) is 6.72. The predicted octanol–water partition coefficient (Wildman–Crippen LogP) is 3.42. The molecule has 0 bridgehead atoms. The highest BCUT2D eigenvalue weighted by molar-refractivity contribution is 5.98. The summed E-state index contributed by atoms with van der Waals surface area (Å²) in [5, 5.41) is 2.19. The quantitative estimate of drug-likeness (QED) is 0.892. The second-order valence-corrected chi connectivity index (χ2v) is 5.09. The molecule has 1 aromatic carbocycles. The second-order valence-electron chi connectivity index (χ2n) is 5.09. The van der Waals surface area contributed by atoms with Crippen LogP contribution >= 0.6 is 0 Å². The summed E-state index contributed by atoms with van der Waals surface area (Å²) in [5.74, 6) is -0.920. The van der Waals surface area contributed by atoms with Crippen molar-refractivity contribution in [3.05, 3.63) is 29.8 Å². The van der Waals surface area contributed by atoms with Crippen LogP contribution in [0.15, 0.2) is 24.3 Å². The number of carbonyl (C=O) groups is 1. The molecule has 1 aromatic rings. The molecule has 0 heterocycles. The molecule has 3 nitrogen and oxygen atoms in total. The molecule has 0 aliphatic carbocycles. The zero-order valence-electron chi connectivity index (χ0n) is 11.7. The molecule has 2 atom stereocenters. The van der Waals surface area contributed by atoms with Crippen molar-refractivity contribution in [1.82, 2.24) is 0 Å². The van der Waals surface area contributed by atoms with E-state index in [-0.39, 0.29) is 0 Å². The van der Waals surface area contributed by atoms with Crippen molar-refractivity contribution in [2.45, 2.75) is 44.8 Å². The van der Waals surface area contributed by atoms with Gasteiger partial charge in [-0.2, -0.15) is 13.2 Å². The number of benzene rings is 1. The normalized spacial score (nSPS) is 16.4. The molecule has 0 aliphatic heterocycles. The van der Waals surface area contributed by atoms with E-state index in [0.29, 0.717) is 18.5 Å². The van der Waals surface area contributed by atoms with Crippen molar-refractivity contribution >= 4 is 11.6 Å².